The van der Waals surface area contributed by atoms with Crippen molar-refractivity contribution in [1.29, 1.82) is 0 Å². The molecule has 0 aliphatic heterocycles. The van der Waals surface area contributed by atoms with Crippen LogP contribution in [0.2, 0.25) is 0 Å². The summed E-state index contributed by atoms with van der Waals surface area (Å²) in [7, 11) is 0. The van der Waals surface area contributed by atoms with Crippen molar-refractivity contribution in [1.82, 2.24) is 5.32 Å². The fourth-order valence-electron chi connectivity index (χ4n) is 2.31. The first-order valence-corrected chi connectivity index (χ1v) is 7.32. The Balaban J connectivity index is 1.60. The van der Waals surface area contributed by atoms with Crippen molar-refractivity contribution in [2.45, 2.75) is 20.0 Å². The van der Waals surface area contributed by atoms with Crippen molar-refractivity contribution in [2.24, 2.45) is 0 Å². The minimum Gasteiger partial charge on any atom is -0.460 e. The maximum atomic E-state index is 13.7. The van der Waals surface area contributed by atoms with Gasteiger partial charge in [0.2, 0.25) is 0 Å². The average Bonchev–Trinajstić information content (AvgIpc) is 2.98. The van der Waals surface area contributed by atoms with Crippen LogP contribution in [-0.2, 0) is 13.1 Å². The fraction of sp³-hybridized carbons (Fsp3) is 0.158. The normalized spacial score (nSPS) is 10.8. The van der Waals surface area contributed by atoms with Gasteiger partial charge in [0.05, 0.1) is 12.1 Å². The van der Waals surface area contributed by atoms with Crippen LogP contribution in [0.1, 0.15) is 16.9 Å². The molecule has 0 saturated carbocycles. The lowest BCUT2D eigenvalue weighted by atomic mass is 10.1. The van der Waals surface area contributed by atoms with Crippen LogP contribution in [0.15, 0.2) is 65.1 Å². The second-order valence-electron chi connectivity index (χ2n) is 5.33. The van der Waals surface area contributed by atoms with Crippen molar-refractivity contribution >= 4 is 0 Å². The zero-order valence-corrected chi connectivity index (χ0v) is 12.5. The molecule has 3 aromatic rings. The summed E-state index contributed by atoms with van der Waals surface area (Å²) < 4.78 is 19.4. The van der Waals surface area contributed by atoms with Gasteiger partial charge >= 0.3 is 0 Å². The molecule has 0 bridgehead atoms. The maximum absolute atomic E-state index is 13.7. The van der Waals surface area contributed by atoms with E-state index in [2.05, 4.69) is 36.5 Å². The second kappa shape index (κ2) is 6.58. The number of hydrogen-bond acceptors (Lipinski definition) is 2. The van der Waals surface area contributed by atoms with Gasteiger partial charge in [-0.15, -0.1) is 0 Å². The van der Waals surface area contributed by atoms with Crippen LogP contribution in [0.3, 0.4) is 0 Å². The topological polar surface area (TPSA) is 25.2 Å². The molecule has 0 aliphatic carbocycles. The van der Waals surface area contributed by atoms with Gasteiger partial charge < -0.3 is 9.73 Å². The van der Waals surface area contributed by atoms with Crippen molar-refractivity contribution in [2.75, 3.05) is 0 Å². The highest BCUT2D eigenvalue weighted by molar-refractivity contribution is 5.58. The number of furan rings is 1. The lowest BCUT2D eigenvalue weighted by Gasteiger charge is -2.04. The molecule has 0 saturated heterocycles. The predicted octanol–water partition coefficient (Wildman–Crippen LogP) is 4.68. The van der Waals surface area contributed by atoms with Crippen molar-refractivity contribution < 1.29 is 8.81 Å². The summed E-state index contributed by atoms with van der Waals surface area (Å²) in [6, 6.07) is 18.7. The van der Waals surface area contributed by atoms with Gasteiger partial charge in [0.1, 0.15) is 17.3 Å². The summed E-state index contributed by atoms with van der Waals surface area (Å²) in [6.45, 7) is 3.46. The van der Waals surface area contributed by atoms with Gasteiger partial charge in [0, 0.05) is 6.54 Å². The molecule has 0 aliphatic rings. The van der Waals surface area contributed by atoms with Gasteiger partial charge in [-0.3, -0.25) is 0 Å². The lowest BCUT2D eigenvalue weighted by Crippen LogP contribution is -2.11. The number of aryl methyl sites for hydroxylation is 1. The Morgan fingerprint density at radius 3 is 2.45 bits per heavy atom. The monoisotopic (exact) mass is 295 g/mol. The molecule has 3 heteroatoms. The molecule has 0 fully saturated rings. The van der Waals surface area contributed by atoms with E-state index < -0.39 is 0 Å². The highest BCUT2D eigenvalue weighted by Gasteiger charge is 2.08. The van der Waals surface area contributed by atoms with Crippen molar-refractivity contribution in [3.05, 3.63) is 83.4 Å². The highest BCUT2D eigenvalue weighted by atomic mass is 19.1. The molecular formula is C19H18FNO. The largest absolute Gasteiger partial charge is 0.460 e. The van der Waals surface area contributed by atoms with Crippen LogP contribution < -0.4 is 5.32 Å². The van der Waals surface area contributed by atoms with Crippen molar-refractivity contribution in [3.63, 3.8) is 0 Å². The second-order valence-corrected chi connectivity index (χ2v) is 5.33. The molecule has 1 N–H and O–H groups in total. The molecule has 112 valence electrons. The number of hydrogen-bond donors (Lipinski definition) is 1. The number of nitrogens with one attached hydrogen (secondary N) is 1. The summed E-state index contributed by atoms with van der Waals surface area (Å²) in [5.74, 6) is 1.09. The van der Waals surface area contributed by atoms with Crippen molar-refractivity contribution in [3.8, 4) is 11.3 Å². The first-order valence-electron chi connectivity index (χ1n) is 7.32. The Kier molecular flexibility index (Phi) is 4.35. The van der Waals surface area contributed by atoms with E-state index in [1.165, 1.54) is 17.2 Å². The van der Waals surface area contributed by atoms with E-state index in [-0.39, 0.29) is 5.82 Å². The molecule has 0 radical (unpaired) electrons. The number of benzene rings is 2. The molecule has 0 amide bonds. The predicted molar refractivity (Wildman–Crippen MR) is 85.8 cm³/mol. The van der Waals surface area contributed by atoms with E-state index in [4.69, 9.17) is 4.42 Å². The Morgan fingerprint density at radius 1 is 0.909 bits per heavy atom. The van der Waals surface area contributed by atoms with E-state index >= 15 is 0 Å². The highest BCUT2D eigenvalue weighted by Crippen LogP contribution is 2.24. The summed E-state index contributed by atoms with van der Waals surface area (Å²) in [6.07, 6.45) is 0. The Labute approximate surface area is 129 Å². The van der Waals surface area contributed by atoms with E-state index in [9.17, 15) is 4.39 Å². The van der Waals surface area contributed by atoms with E-state index in [0.717, 1.165) is 12.3 Å². The maximum Gasteiger partial charge on any atom is 0.137 e. The van der Waals surface area contributed by atoms with Crippen LogP contribution in [0.4, 0.5) is 4.39 Å². The third kappa shape index (κ3) is 3.43. The van der Waals surface area contributed by atoms with Gasteiger partial charge in [-0.25, -0.2) is 4.39 Å². The molecule has 0 atom stereocenters. The molecular weight excluding hydrogens is 277 g/mol. The molecule has 0 spiro atoms. The average molecular weight is 295 g/mol. The lowest BCUT2D eigenvalue weighted by molar-refractivity contribution is 0.490. The summed E-state index contributed by atoms with van der Waals surface area (Å²) in [5, 5.41) is 3.33. The summed E-state index contributed by atoms with van der Waals surface area (Å²) >= 11 is 0. The Hall–Kier alpha value is -2.39. The Morgan fingerprint density at radius 2 is 1.68 bits per heavy atom. The van der Waals surface area contributed by atoms with E-state index in [1.54, 1.807) is 24.3 Å². The zero-order chi connectivity index (χ0) is 15.4. The minimum absolute atomic E-state index is 0.268. The first-order chi connectivity index (χ1) is 10.7. The van der Waals surface area contributed by atoms with Crippen LogP contribution >= 0.6 is 0 Å². The van der Waals surface area contributed by atoms with Gasteiger partial charge in [-0.2, -0.15) is 0 Å². The number of rotatable bonds is 5. The molecule has 1 heterocycles. The Bertz CT molecular complexity index is 746. The molecule has 3 rings (SSSR count). The van der Waals surface area contributed by atoms with Gasteiger partial charge in [0.15, 0.2) is 0 Å². The third-order valence-electron chi connectivity index (χ3n) is 3.55. The van der Waals surface area contributed by atoms with E-state index in [1.807, 2.05) is 6.07 Å². The van der Waals surface area contributed by atoms with Crippen LogP contribution in [0.5, 0.6) is 0 Å². The molecule has 2 aromatic carbocycles. The smallest absolute Gasteiger partial charge is 0.137 e. The summed E-state index contributed by atoms with van der Waals surface area (Å²) in [4.78, 5) is 0. The van der Waals surface area contributed by atoms with Gasteiger partial charge in [0.25, 0.3) is 0 Å². The fourth-order valence-corrected chi connectivity index (χ4v) is 2.31. The van der Waals surface area contributed by atoms with Gasteiger partial charge in [-0.1, -0.05) is 42.0 Å². The summed E-state index contributed by atoms with van der Waals surface area (Å²) in [5.41, 5.74) is 2.98. The molecule has 0 unspecified atom stereocenters. The van der Waals surface area contributed by atoms with Gasteiger partial charge in [-0.05, 0) is 36.8 Å². The zero-order valence-electron chi connectivity index (χ0n) is 12.5. The third-order valence-corrected chi connectivity index (χ3v) is 3.55. The van der Waals surface area contributed by atoms with E-state index in [0.29, 0.717) is 17.9 Å². The minimum atomic E-state index is -0.268. The van der Waals surface area contributed by atoms with Crippen LogP contribution in [-0.4, -0.2) is 0 Å². The number of halogens is 1. The molecule has 2 nitrogen and oxygen atoms in total. The first kappa shape index (κ1) is 14.5. The molecule has 1 aromatic heterocycles. The quantitative estimate of drug-likeness (QED) is 0.739. The van der Waals surface area contributed by atoms with Crippen LogP contribution in [0, 0.1) is 12.7 Å². The SMILES string of the molecule is Cc1ccc(CNCc2ccc(-c3ccccc3F)o2)cc1. The molecule has 22 heavy (non-hydrogen) atoms. The standard InChI is InChI=1S/C19H18FNO/c1-14-6-8-15(9-7-14)12-21-13-16-10-11-19(22-16)17-4-2-3-5-18(17)20/h2-11,21H,12-13H2,1H3. The van der Waals surface area contributed by atoms with Crippen LogP contribution in [0.25, 0.3) is 11.3 Å².